The molecule has 0 bridgehead atoms. The van der Waals surface area contributed by atoms with Gasteiger partial charge < -0.3 is 127 Å². The van der Waals surface area contributed by atoms with Crippen LogP contribution in [0, 0.1) is 11.8 Å². The molecule has 26 N–H and O–H groups in total. The third-order valence-electron chi connectivity index (χ3n) is 17.6. The smallest absolute Gasteiger partial charge is 0.303 e. The fraction of sp³-hybridized carbons (Fsp3) is 0.592. The van der Waals surface area contributed by atoms with Crippen molar-refractivity contribution in [1.29, 1.82) is 0 Å². The van der Waals surface area contributed by atoms with E-state index in [0.29, 0.717) is 11.1 Å². The van der Waals surface area contributed by atoms with E-state index in [4.69, 9.17) is 17.2 Å². The summed E-state index contributed by atoms with van der Waals surface area (Å²) >= 11 is 1.24. The van der Waals surface area contributed by atoms with E-state index >= 15 is 0 Å². The summed E-state index contributed by atoms with van der Waals surface area (Å²) < 4.78 is 0. The van der Waals surface area contributed by atoms with Crippen molar-refractivity contribution in [3.05, 3.63) is 65.7 Å². The van der Waals surface area contributed by atoms with E-state index in [1.165, 1.54) is 30.8 Å². The first-order chi connectivity index (χ1) is 53.1. The number of aromatic hydroxyl groups is 1. The Morgan fingerprint density at radius 2 is 0.938 bits per heavy atom. The van der Waals surface area contributed by atoms with Crippen LogP contribution in [0.3, 0.4) is 0 Å². The Kier molecular flexibility index (Phi) is 41.3. The molecule has 1 heterocycles. The van der Waals surface area contributed by atoms with Gasteiger partial charge in [-0.15, -0.1) is 0 Å². The van der Waals surface area contributed by atoms with E-state index in [0.717, 1.165) is 18.7 Å². The maximum absolute atomic E-state index is 14.4. The molecule has 0 saturated carbocycles. The summed E-state index contributed by atoms with van der Waals surface area (Å²) in [7, 11) is 0. The summed E-state index contributed by atoms with van der Waals surface area (Å²) in [5.74, 6) is -19.0. The van der Waals surface area contributed by atoms with E-state index < -0.39 is 255 Å². The molecule has 0 aliphatic carbocycles. The molecule has 628 valence electrons. The van der Waals surface area contributed by atoms with Gasteiger partial charge in [-0.3, -0.25) is 81.5 Å². The fourth-order valence-electron chi connectivity index (χ4n) is 11.4. The number of likely N-dealkylation sites (tertiary alicyclic amines) is 1. The number of nitrogens with zero attached hydrogens (tertiary/aromatic N) is 1. The molecule has 3 rings (SSSR count). The Bertz CT molecular complexity index is 3610. The molecular weight excluding hydrogens is 1510 g/mol. The van der Waals surface area contributed by atoms with Gasteiger partial charge in [0.2, 0.25) is 94.5 Å². The molecule has 1 aliphatic heterocycles. The molecule has 0 spiro atoms. The molecule has 41 nitrogen and oxygen atoms in total. The minimum Gasteiger partial charge on any atom is -0.508 e. The standard InChI is InChI=1S/C71H109N17O24S/c1-34(2)27-46(65(106)84-55(35(3)4)69(110)85-56(36(5)91)59(74)100)81-68(109)50-15-12-25-88(50)71(112)58(38(7)93)87-62(103)43(20-22-51(73)95)78-66(107)48(32-89)82-61(102)44(21-23-54(98)99)79-67(108)49(33-90)83-70(111)57(37(6)92)86-63(104)45(24-26-113-8)80-64(105)47(29-39-13-10-9-11-14-39)77-53(97)31-75-52(96)30-76-60(101)42(72)28-40-16-18-41(94)19-17-40/h9-11,13-14,16-19,34-38,42-50,55-58,89-94H,12,15,20-33,72H2,1-8H3,(H2,73,95)(H2,74,100)(H,75,96)(H,76,101)(H,77,97)(H,78,107)(H,79,108)(H,80,105)(H,81,109)(H,82,102)(H,83,111)(H,84,106)(H,85,110)(H,86,104)(H,87,103)(H,98,99)/t36-,37-,38-,42+,43+,44+,45+,46+,47+,48+,49+,50+,55+,56+,57+,58+/m1/s1. The van der Waals surface area contributed by atoms with Gasteiger partial charge in [-0.1, -0.05) is 70.2 Å². The summed E-state index contributed by atoms with van der Waals surface area (Å²) in [6.07, 6.45) is -6.18. The zero-order valence-corrected chi connectivity index (χ0v) is 64.9. The second-order valence-corrected chi connectivity index (χ2v) is 28.9. The number of carbonyl (C=O) groups is 17. The number of phenols is 1. The Balaban J connectivity index is 1.78. The van der Waals surface area contributed by atoms with Gasteiger partial charge in [0.15, 0.2) is 0 Å². The van der Waals surface area contributed by atoms with Crippen molar-refractivity contribution in [2.24, 2.45) is 29.0 Å². The van der Waals surface area contributed by atoms with Crippen LogP contribution in [0.2, 0.25) is 0 Å². The lowest BCUT2D eigenvalue weighted by Gasteiger charge is -2.32. The number of thioether (sulfide) groups is 1. The predicted octanol–water partition coefficient (Wildman–Crippen LogP) is -8.74. The van der Waals surface area contributed by atoms with Crippen LogP contribution in [-0.4, -0.2) is 283 Å². The SMILES string of the molecule is CSCC[C@H](NC(=O)[C@H](Cc1ccccc1)NC(=O)CNC(=O)CNC(=O)[C@@H](N)Cc1ccc(O)cc1)C(=O)N[C@H](C(=O)N[C@@H](CO)C(=O)N[C@@H](CCC(=O)O)C(=O)N[C@@H](CO)C(=O)N[C@@H](CCC(N)=O)C(=O)N[C@H](C(=O)N1CCC[C@H]1C(=O)N[C@@H](CC(C)C)C(=O)N[C@H](C(=O)N[C@H](C(N)=O)[C@@H](C)O)C(C)C)[C@@H](C)O)[C@@H](C)O. The van der Waals surface area contributed by atoms with Crippen LogP contribution in [0.4, 0.5) is 0 Å². The molecule has 113 heavy (non-hydrogen) atoms. The number of hydrogen-bond donors (Lipinski definition) is 23. The van der Waals surface area contributed by atoms with E-state index in [1.807, 2.05) is 0 Å². The number of carboxylic acid groups (broad SMARTS) is 1. The number of carbonyl (C=O) groups excluding carboxylic acids is 16. The Morgan fingerprint density at radius 1 is 0.487 bits per heavy atom. The third kappa shape index (κ3) is 33.3. The van der Waals surface area contributed by atoms with Crippen LogP contribution >= 0.6 is 11.8 Å². The fourth-order valence-corrected chi connectivity index (χ4v) is 11.8. The van der Waals surface area contributed by atoms with Crippen molar-refractivity contribution in [3.8, 4) is 5.75 Å². The lowest BCUT2D eigenvalue weighted by Crippen LogP contribution is -2.63. The van der Waals surface area contributed by atoms with Crippen molar-refractivity contribution in [1.82, 2.24) is 74.0 Å². The van der Waals surface area contributed by atoms with Gasteiger partial charge >= 0.3 is 5.97 Å². The van der Waals surface area contributed by atoms with Gasteiger partial charge in [0.1, 0.15) is 78.3 Å². The van der Waals surface area contributed by atoms with E-state index in [-0.39, 0.29) is 62.5 Å². The Hall–Kier alpha value is -10.7. The molecule has 1 aliphatic rings. The van der Waals surface area contributed by atoms with Crippen molar-refractivity contribution < 1.29 is 117 Å². The van der Waals surface area contributed by atoms with Crippen molar-refractivity contribution >= 4 is 112 Å². The maximum Gasteiger partial charge on any atom is 0.303 e. The number of aliphatic carboxylic acids is 1. The number of aliphatic hydroxyl groups excluding tert-OH is 5. The first kappa shape index (κ1) is 96.5. The van der Waals surface area contributed by atoms with Gasteiger partial charge in [-0.25, -0.2) is 0 Å². The van der Waals surface area contributed by atoms with Gasteiger partial charge in [0.25, 0.3) is 0 Å². The monoisotopic (exact) mass is 1620 g/mol. The number of benzene rings is 2. The van der Waals surface area contributed by atoms with Crippen LogP contribution in [-0.2, 0) is 94.3 Å². The number of amides is 16. The first-order valence-electron chi connectivity index (χ1n) is 36.4. The minimum absolute atomic E-state index is 0.00641. The van der Waals surface area contributed by atoms with Crippen molar-refractivity contribution in [2.45, 2.75) is 210 Å². The highest BCUT2D eigenvalue weighted by Crippen LogP contribution is 2.22. The minimum atomic E-state index is -2.08. The molecule has 42 heteroatoms. The number of phenolic OH excluding ortho intramolecular Hbond substituents is 1. The molecule has 2 aromatic carbocycles. The zero-order valence-electron chi connectivity index (χ0n) is 64.1. The quantitative estimate of drug-likeness (QED) is 0.0292. The topological polar surface area (TPSA) is 669 Å². The predicted molar refractivity (Wildman–Crippen MR) is 403 cm³/mol. The van der Waals surface area contributed by atoms with Crippen LogP contribution in [0.1, 0.15) is 111 Å². The number of aliphatic hydroxyl groups is 5. The van der Waals surface area contributed by atoms with Gasteiger partial charge in [0.05, 0.1) is 50.7 Å². The summed E-state index contributed by atoms with van der Waals surface area (Å²) in [6, 6.07) is -7.13. The molecule has 0 radical (unpaired) electrons. The van der Waals surface area contributed by atoms with Crippen molar-refractivity contribution in [3.63, 3.8) is 0 Å². The molecular formula is C71H109N17O24S. The second-order valence-electron chi connectivity index (χ2n) is 27.9. The summed E-state index contributed by atoms with van der Waals surface area (Å²) in [6.45, 7) is 6.04. The lowest BCUT2D eigenvalue weighted by atomic mass is 9.99. The highest BCUT2D eigenvalue weighted by atomic mass is 32.2. The number of rotatable bonds is 49. The van der Waals surface area contributed by atoms with Gasteiger partial charge in [0, 0.05) is 25.8 Å². The molecule has 16 amide bonds. The highest BCUT2D eigenvalue weighted by molar-refractivity contribution is 7.98. The summed E-state index contributed by atoms with van der Waals surface area (Å²) in [5, 5.41) is 102. The average Bonchev–Trinajstić information content (AvgIpc) is 1.63. The number of nitrogens with two attached hydrogens (primary N) is 3. The molecule has 0 aromatic heterocycles. The second kappa shape index (κ2) is 48.3. The third-order valence-corrected chi connectivity index (χ3v) is 18.3. The largest absolute Gasteiger partial charge is 0.508 e. The highest BCUT2D eigenvalue weighted by Gasteiger charge is 2.43. The Morgan fingerprint density at radius 3 is 1.44 bits per heavy atom. The van der Waals surface area contributed by atoms with Crippen molar-refractivity contribution in [2.75, 3.05) is 44.9 Å². The van der Waals surface area contributed by atoms with Crippen LogP contribution in [0.25, 0.3) is 0 Å². The molecule has 1 fully saturated rings. The molecule has 2 aromatic rings. The normalized spacial score (nSPS) is 16.5. The van der Waals surface area contributed by atoms with Crippen LogP contribution in [0.15, 0.2) is 54.6 Å². The number of carboxylic acids is 1. The Labute approximate surface area is 655 Å². The van der Waals surface area contributed by atoms with E-state index in [9.17, 15) is 117 Å². The van der Waals surface area contributed by atoms with Crippen LogP contribution in [0.5, 0.6) is 5.75 Å². The molecule has 1 saturated heterocycles. The van der Waals surface area contributed by atoms with E-state index in [1.54, 1.807) is 76.4 Å². The van der Waals surface area contributed by atoms with Gasteiger partial charge in [-0.2, -0.15) is 11.8 Å². The first-order valence-corrected chi connectivity index (χ1v) is 37.8. The molecule has 16 atom stereocenters. The van der Waals surface area contributed by atoms with Gasteiger partial charge in [-0.05, 0) is 113 Å². The molecule has 0 unspecified atom stereocenters. The zero-order chi connectivity index (χ0) is 85.1. The number of nitrogens with one attached hydrogen (secondary N) is 13. The summed E-state index contributed by atoms with van der Waals surface area (Å²) in [5.41, 5.74) is 17.9. The number of hydrogen-bond acceptors (Lipinski definition) is 25. The lowest BCUT2D eigenvalue weighted by molar-refractivity contribution is -0.145. The summed E-state index contributed by atoms with van der Waals surface area (Å²) in [4.78, 5) is 230. The average molecular weight is 1620 g/mol. The maximum atomic E-state index is 14.4. The number of primary amides is 2. The van der Waals surface area contributed by atoms with Crippen LogP contribution < -0.4 is 86.3 Å². The van der Waals surface area contributed by atoms with E-state index in [2.05, 4.69) is 69.1 Å².